The fourth-order valence-corrected chi connectivity index (χ4v) is 3.58. The van der Waals surface area contributed by atoms with Crippen molar-refractivity contribution in [3.8, 4) is 10.8 Å². The van der Waals surface area contributed by atoms with Gasteiger partial charge >= 0.3 is 6.01 Å². The zero-order chi connectivity index (χ0) is 14.8. The van der Waals surface area contributed by atoms with E-state index in [0.29, 0.717) is 18.2 Å². The minimum Gasteiger partial charge on any atom is -0.402 e. The van der Waals surface area contributed by atoms with Crippen molar-refractivity contribution < 1.29 is 9.21 Å². The van der Waals surface area contributed by atoms with Crippen molar-refractivity contribution in [3.63, 3.8) is 0 Å². The molecule has 1 saturated carbocycles. The smallest absolute Gasteiger partial charge is 0.322 e. The third-order valence-electron chi connectivity index (χ3n) is 3.72. The predicted molar refractivity (Wildman–Crippen MR) is 80.1 cm³/mol. The molecule has 0 radical (unpaired) electrons. The molecular weight excluding hydrogens is 288 g/mol. The van der Waals surface area contributed by atoms with Crippen LogP contribution in [0.5, 0.6) is 0 Å². The molecule has 0 unspecified atom stereocenters. The molecule has 1 aliphatic carbocycles. The van der Waals surface area contributed by atoms with E-state index in [0.717, 1.165) is 28.4 Å². The van der Waals surface area contributed by atoms with Gasteiger partial charge in [0.1, 0.15) is 4.88 Å². The highest BCUT2D eigenvalue weighted by molar-refractivity contribution is 7.15. The van der Waals surface area contributed by atoms with E-state index in [1.54, 1.807) is 0 Å². The molecule has 0 aliphatic heterocycles. The number of amides is 1. The number of nitrogens with one attached hydrogen (secondary N) is 1. The molecule has 1 aliphatic rings. The zero-order valence-electron chi connectivity index (χ0n) is 12.2. The van der Waals surface area contributed by atoms with Crippen molar-refractivity contribution >= 4 is 23.3 Å². The van der Waals surface area contributed by atoms with E-state index in [4.69, 9.17) is 4.42 Å². The number of carbonyl (C=O) groups excluding carboxylic acids is 1. The van der Waals surface area contributed by atoms with Gasteiger partial charge in [-0.25, -0.2) is 4.98 Å². The quantitative estimate of drug-likeness (QED) is 0.937. The zero-order valence-corrected chi connectivity index (χ0v) is 13.0. The van der Waals surface area contributed by atoms with Crippen LogP contribution in [-0.4, -0.2) is 21.1 Å². The van der Waals surface area contributed by atoms with Crippen LogP contribution in [0.1, 0.15) is 42.8 Å². The lowest BCUT2D eigenvalue weighted by atomic mass is 10.0. The number of anilines is 1. The number of aryl methyl sites for hydroxylation is 2. The van der Waals surface area contributed by atoms with Gasteiger partial charge in [0.05, 0.1) is 10.7 Å². The normalized spacial score (nSPS) is 15.5. The highest BCUT2D eigenvalue weighted by atomic mass is 32.1. The average molecular weight is 306 g/mol. The molecule has 1 N–H and O–H groups in total. The Hall–Kier alpha value is -1.76. The third kappa shape index (κ3) is 3.29. The number of nitrogens with zero attached hydrogens (tertiary/aromatic N) is 3. The summed E-state index contributed by atoms with van der Waals surface area (Å²) in [5, 5.41) is 11.5. The topological polar surface area (TPSA) is 80.9 Å². The maximum Gasteiger partial charge on any atom is 0.322 e. The molecule has 0 aromatic carbocycles. The van der Waals surface area contributed by atoms with Crippen LogP contribution >= 0.6 is 11.3 Å². The van der Waals surface area contributed by atoms with Gasteiger partial charge in [0, 0.05) is 6.42 Å². The van der Waals surface area contributed by atoms with Crippen molar-refractivity contribution in [1.82, 2.24) is 15.2 Å². The summed E-state index contributed by atoms with van der Waals surface area (Å²) in [6, 6.07) is 0.165. The second-order valence-corrected chi connectivity index (χ2v) is 6.67. The number of aromatic nitrogens is 3. The second-order valence-electron chi connectivity index (χ2n) is 5.46. The van der Waals surface area contributed by atoms with Gasteiger partial charge < -0.3 is 4.42 Å². The Morgan fingerprint density at radius 2 is 2.10 bits per heavy atom. The lowest BCUT2D eigenvalue weighted by Gasteiger charge is -2.06. The number of carbonyl (C=O) groups is 1. The Bertz CT molecular complexity index is 643. The van der Waals surface area contributed by atoms with Crippen LogP contribution in [0.15, 0.2) is 4.42 Å². The van der Waals surface area contributed by atoms with E-state index < -0.39 is 0 Å². The first-order valence-electron chi connectivity index (χ1n) is 7.19. The highest BCUT2D eigenvalue weighted by Crippen LogP contribution is 2.30. The molecule has 3 rings (SSSR count). The first-order valence-corrected chi connectivity index (χ1v) is 8.01. The Kier molecular flexibility index (Phi) is 4.01. The Balaban J connectivity index is 1.64. The molecule has 0 saturated heterocycles. The molecule has 2 aromatic rings. The summed E-state index contributed by atoms with van der Waals surface area (Å²) < 4.78 is 5.52. The molecule has 2 aromatic heterocycles. The highest BCUT2D eigenvalue weighted by Gasteiger charge is 2.20. The van der Waals surface area contributed by atoms with Gasteiger partial charge in [-0.3, -0.25) is 10.1 Å². The van der Waals surface area contributed by atoms with E-state index in [9.17, 15) is 4.79 Å². The summed E-state index contributed by atoms with van der Waals surface area (Å²) in [7, 11) is 0. The Morgan fingerprint density at radius 3 is 2.76 bits per heavy atom. The van der Waals surface area contributed by atoms with Crippen molar-refractivity contribution in [3.05, 3.63) is 10.7 Å². The minimum absolute atomic E-state index is 0.0469. The van der Waals surface area contributed by atoms with Gasteiger partial charge in [-0.05, 0) is 32.6 Å². The van der Waals surface area contributed by atoms with Crippen LogP contribution in [0.2, 0.25) is 0 Å². The summed E-state index contributed by atoms with van der Waals surface area (Å²) >= 11 is 1.51. The molecule has 21 heavy (non-hydrogen) atoms. The first kappa shape index (κ1) is 14.2. The lowest BCUT2D eigenvalue weighted by Crippen LogP contribution is -2.15. The predicted octanol–water partition coefficient (Wildman–Crippen LogP) is 3.33. The summed E-state index contributed by atoms with van der Waals surface area (Å²) in [6.45, 7) is 3.84. The van der Waals surface area contributed by atoms with Crippen LogP contribution in [0.3, 0.4) is 0 Å². The van der Waals surface area contributed by atoms with Crippen LogP contribution in [0.4, 0.5) is 6.01 Å². The number of rotatable bonds is 4. The van der Waals surface area contributed by atoms with Crippen molar-refractivity contribution in [2.75, 3.05) is 5.32 Å². The van der Waals surface area contributed by atoms with Crippen LogP contribution < -0.4 is 5.32 Å². The number of thiazole rings is 1. The van der Waals surface area contributed by atoms with Gasteiger partial charge in [0.15, 0.2) is 0 Å². The van der Waals surface area contributed by atoms with Crippen molar-refractivity contribution in [2.45, 2.75) is 46.0 Å². The molecule has 7 heteroatoms. The van der Waals surface area contributed by atoms with Gasteiger partial charge in [-0.1, -0.05) is 17.9 Å². The van der Waals surface area contributed by atoms with Crippen molar-refractivity contribution in [2.24, 2.45) is 5.92 Å². The standard InChI is InChI=1S/C14H18N4O2S/c1-8-12(21-9(2)15-8)13-17-18-14(20-13)16-11(19)7-10-5-3-4-6-10/h10H,3-7H2,1-2H3,(H,16,18,19). The van der Waals surface area contributed by atoms with E-state index >= 15 is 0 Å². The Morgan fingerprint density at radius 1 is 1.33 bits per heavy atom. The van der Waals surface area contributed by atoms with E-state index in [-0.39, 0.29) is 11.9 Å². The van der Waals surface area contributed by atoms with E-state index in [1.807, 2.05) is 13.8 Å². The molecule has 1 fully saturated rings. The van der Waals surface area contributed by atoms with Gasteiger partial charge in [0.25, 0.3) is 5.89 Å². The first-order chi connectivity index (χ1) is 10.1. The van der Waals surface area contributed by atoms with Crippen LogP contribution in [0, 0.1) is 19.8 Å². The maximum atomic E-state index is 11.9. The summed E-state index contributed by atoms with van der Waals surface area (Å²) in [5.41, 5.74) is 0.866. The van der Waals surface area contributed by atoms with Gasteiger partial charge in [-0.2, -0.15) is 0 Å². The SMILES string of the molecule is Cc1nc(C)c(-c2nnc(NC(=O)CC3CCCC3)o2)s1. The van der Waals surface area contributed by atoms with Crippen LogP contribution in [0.25, 0.3) is 10.8 Å². The summed E-state index contributed by atoms with van der Waals surface area (Å²) in [4.78, 5) is 17.1. The summed E-state index contributed by atoms with van der Waals surface area (Å²) in [6.07, 6.45) is 5.28. The lowest BCUT2D eigenvalue weighted by molar-refractivity contribution is -0.117. The number of hydrogen-bond donors (Lipinski definition) is 1. The molecule has 112 valence electrons. The molecule has 0 bridgehead atoms. The maximum absolute atomic E-state index is 11.9. The van der Waals surface area contributed by atoms with Crippen LogP contribution in [-0.2, 0) is 4.79 Å². The van der Waals surface area contributed by atoms with Gasteiger partial charge in [-0.15, -0.1) is 16.4 Å². The van der Waals surface area contributed by atoms with E-state index in [2.05, 4.69) is 20.5 Å². The van der Waals surface area contributed by atoms with E-state index in [1.165, 1.54) is 24.2 Å². The third-order valence-corrected chi connectivity index (χ3v) is 4.78. The molecule has 2 heterocycles. The molecule has 1 amide bonds. The minimum atomic E-state index is -0.0469. The van der Waals surface area contributed by atoms with Gasteiger partial charge in [0.2, 0.25) is 5.91 Å². The summed E-state index contributed by atoms with van der Waals surface area (Å²) in [5.74, 6) is 0.863. The Labute approximate surface area is 127 Å². The molecular formula is C14H18N4O2S. The molecule has 6 nitrogen and oxygen atoms in total. The fraction of sp³-hybridized carbons (Fsp3) is 0.571. The molecule has 0 spiro atoms. The van der Waals surface area contributed by atoms with Crippen molar-refractivity contribution in [1.29, 1.82) is 0 Å². The molecule has 0 atom stereocenters. The monoisotopic (exact) mass is 306 g/mol. The number of hydrogen-bond acceptors (Lipinski definition) is 6. The second kappa shape index (κ2) is 5.93. The largest absolute Gasteiger partial charge is 0.402 e. The average Bonchev–Trinajstić information content (AvgIpc) is 3.12. The fourth-order valence-electron chi connectivity index (χ4n) is 2.74.